The lowest BCUT2D eigenvalue weighted by molar-refractivity contribution is -0.119. The van der Waals surface area contributed by atoms with Gasteiger partial charge in [-0.05, 0) is 25.0 Å². The molecule has 0 saturated carbocycles. The van der Waals surface area contributed by atoms with E-state index in [-0.39, 0.29) is 11.9 Å². The molecule has 104 valence electrons. The molecule has 1 aliphatic heterocycles. The van der Waals surface area contributed by atoms with Crippen molar-refractivity contribution in [2.75, 3.05) is 25.7 Å². The minimum absolute atomic E-state index is 0.103. The number of fused-ring (bicyclic) bond motifs is 1. The lowest BCUT2D eigenvalue weighted by Gasteiger charge is -2.33. The third-order valence-electron chi connectivity index (χ3n) is 3.67. The summed E-state index contributed by atoms with van der Waals surface area (Å²) in [6, 6.07) is 8.52. The Morgan fingerprint density at radius 3 is 2.95 bits per heavy atom. The van der Waals surface area contributed by atoms with Crippen LogP contribution in [0.5, 0.6) is 0 Å². The van der Waals surface area contributed by atoms with E-state index in [9.17, 15) is 4.79 Å². The van der Waals surface area contributed by atoms with Gasteiger partial charge in [0.1, 0.15) is 0 Å². The molecule has 0 bridgehead atoms. The third kappa shape index (κ3) is 3.14. The van der Waals surface area contributed by atoms with E-state index < -0.39 is 0 Å². The summed E-state index contributed by atoms with van der Waals surface area (Å²) in [4.78, 5) is 13.8. The number of methoxy groups -OCH3 is 1. The van der Waals surface area contributed by atoms with Crippen LogP contribution in [-0.4, -0.2) is 32.7 Å². The zero-order chi connectivity index (χ0) is 13.8. The zero-order valence-electron chi connectivity index (χ0n) is 11.8. The van der Waals surface area contributed by atoms with Gasteiger partial charge in [-0.2, -0.15) is 0 Å². The molecule has 2 rings (SSSR count). The van der Waals surface area contributed by atoms with Crippen molar-refractivity contribution in [1.82, 2.24) is 5.32 Å². The Morgan fingerprint density at radius 1 is 1.47 bits per heavy atom. The van der Waals surface area contributed by atoms with Gasteiger partial charge >= 0.3 is 0 Å². The zero-order valence-corrected chi connectivity index (χ0v) is 11.8. The van der Waals surface area contributed by atoms with Gasteiger partial charge in [0.05, 0.1) is 0 Å². The molecule has 1 aromatic carbocycles. The van der Waals surface area contributed by atoms with Gasteiger partial charge in [0.2, 0.25) is 5.91 Å². The minimum atomic E-state index is 0.103. The van der Waals surface area contributed by atoms with Crippen molar-refractivity contribution in [2.24, 2.45) is 0 Å². The number of anilines is 1. The summed E-state index contributed by atoms with van der Waals surface area (Å²) in [5, 5.41) is 3.53. The number of benzene rings is 1. The van der Waals surface area contributed by atoms with E-state index in [2.05, 4.69) is 18.3 Å². The molecule has 0 aliphatic carbocycles. The highest BCUT2D eigenvalue weighted by Crippen LogP contribution is 2.33. The van der Waals surface area contributed by atoms with E-state index in [1.54, 1.807) is 12.0 Å². The lowest BCUT2D eigenvalue weighted by Crippen LogP contribution is -2.40. The molecule has 1 aliphatic rings. The minimum Gasteiger partial charge on any atom is -0.385 e. The molecule has 0 fully saturated rings. The number of para-hydroxylation sites is 1. The van der Waals surface area contributed by atoms with Gasteiger partial charge in [0, 0.05) is 45.0 Å². The first-order chi connectivity index (χ1) is 9.13. The summed E-state index contributed by atoms with van der Waals surface area (Å²) in [7, 11) is 3.55. The SMILES string of the molecule is COCCC(C)NC1CC(=O)N(C)c2ccccc21. The van der Waals surface area contributed by atoms with E-state index >= 15 is 0 Å². The van der Waals surface area contributed by atoms with Crippen LogP contribution in [0.2, 0.25) is 0 Å². The second-order valence-electron chi connectivity index (χ2n) is 5.12. The number of nitrogens with one attached hydrogen (secondary N) is 1. The molecule has 4 nitrogen and oxygen atoms in total. The van der Waals surface area contributed by atoms with E-state index in [1.807, 2.05) is 25.2 Å². The predicted octanol–water partition coefficient (Wildman–Crippen LogP) is 2.11. The summed E-state index contributed by atoms with van der Waals surface area (Å²) >= 11 is 0. The summed E-state index contributed by atoms with van der Waals surface area (Å²) in [6.07, 6.45) is 1.46. The van der Waals surface area contributed by atoms with Crippen molar-refractivity contribution in [3.05, 3.63) is 29.8 Å². The first kappa shape index (κ1) is 14.0. The third-order valence-corrected chi connectivity index (χ3v) is 3.67. The van der Waals surface area contributed by atoms with Crippen LogP contribution in [0.25, 0.3) is 0 Å². The number of carbonyl (C=O) groups is 1. The molecule has 1 amide bonds. The predicted molar refractivity (Wildman–Crippen MR) is 76.3 cm³/mol. The number of nitrogens with zero attached hydrogens (tertiary/aromatic N) is 1. The second kappa shape index (κ2) is 6.17. The fraction of sp³-hybridized carbons (Fsp3) is 0.533. The number of carbonyl (C=O) groups excluding carboxylic acids is 1. The van der Waals surface area contributed by atoms with E-state index in [1.165, 1.54) is 5.56 Å². The van der Waals surface area contributed by atoms with Crippen LogP contribution >= 0.6 is 0 Å². The van der Waals surface area contributed by atoms with Gasteiger partial charge in [-0.1, -0.05) is 18.2 Å². The highest BCUT2D eigenvalue weighted by Gasteiger charge is 2.29. The smallest absolute Gasteiger partial charge is 0.228 e. The quantitative estimate of drug-likeness (QED) is 0.883. The number of rotatable bonds is 5. The average Bonchev–Trinajstić information content (AvgIpc) is 2.42. The fourth-order valence-corrected chi connectivity index (χ4v) is 2.51. The number of hydrogen-bond acceptors (Lipinski definition) is 3. The summed E-state index contributed by atoms with van der Waals surface area (Å²) in [5.74, 6) is 0.162. The van der Waals surface area contributed by atoms with Gasteiger partial charge in [0.25, 0.3) is 0 Å². The molecule has 2 unspecified atom stereocenters. The lowest BCUT2D eigenvalue weighted by atomic mass is 9.95. The van der Waals surface area contributed by atoms with E-state index in [0.29, 0.717) is 12.5 Å². The maximum absolute atomic E-state index is 12.0. The first-order valence-corrected chi connectivity index (χ1v) is 6.74. The van der Waals surface area contributed by atoms with Crippen molar-refractivity contribution in [2.45, 2.75) is 31.8 Å². The van der Waals surface area contributed by atoms with Crippen LogP contribution in [-0.2, 0) is 9.53 Å². The topological polar surface area (TPSA) is 41.6 Å². The Labute approximate surface area is 114 Å². The molecule has 1 N–H and O–H groups in total. The van der Waals surface area contributed by atoms with Gasteiger partial charge in [0.15, 0.2) is 0 Å². The maximum Gasteiger partial charge on any atom is 0.228 e. The van der Waals surface area contributed by atoms with Crippen LogP contribution in [0.4, 0.5) is 5.69 Å². The van der Waals surface area contributed by atoms with Gasteiger partial charge in [-0.15, -0.1) is 0 Å². The van der Waals surface area contributed by atoms with Gasteiger partial charge in [-0.25, -0.2) is 0 Å². The summed E-state index contributed by atoms with van der Waals surface area (Å²) < 4.78 is 5.09. The van der Waals surface area contributed by atoms with Crippen LogP contribution in [0.3, 0.4) is 0 Å². The molecule has 2 atom stereocenters. The Bertz CT molecular complexity index is 448. The normalized spacial score (nSPS) is 20.3. The van der Waals surface area contributed by atoms with Crippen LogP contribution < -0.4 is 10.2 Å². The monoisotopic (exact) mass is 262 g/mol. The molecule has 0 saturated heterocycles. The summed E-state index contributed by atoms with van der Waals surface area (Å²) in [6.45, 7) is 2.86. The molecule has 1 heterocycles. The maximum atomic E-state index is 12.0. The second-order valence-corrected chi connectivity index (χ2v) is 5.12. The highest BCUT2D eigenvalue weighted by molar-refractivity contribution is 5.96. The Balaban J connectivity index is 2.13. The molecule has 0 spiro atoms. The fourth-order valence-electron chi connectivity index (χ4n) is 2.51. The molecular weight excluding hydrogens is 240 g/mol. The Kier molecular flexibility index (Phi) is 4.56. The Morgan fingerprint density at radius 2 is 2.21 bits per heavy atom. The van der Waals surface area contributed by atoms with Gasteiger partial charge in [-0.3, -0.25) is 4.79 Å². The molecule has 1 aromatic rings. The molecular formula is C15H22N2O2. The van der Waals surface area contributed by atoms with E-state index in [0.717, 1.165) is 18.7 Å². The van der Waals surface area contributed by atoms with Crippen molar-refractivity contribution < 1.29 is 9.53 Å². The van der Waals surface area contributed by atoms with Crippen LogP contribution in [0, 0.1) is 0 Å². The number of hydrogen-bond donors (Lipinski definition) is 1. The van der Waals surface area contributed by atoms with Crippen LogP contribution in [0.1, 0.15) is 31.4 Å². The highest BCUT2D eigenvalue weighted by atomic mass is 16.5. The molecule has 0 radical (unpaired) electrons. The van der Waals surface area contributed by atoms with Crippen LogP contribution in [0.15, 0.2) is 24.3 Å². The summed E-state index contributed by atoms with van der Waals surface area (Å²) in [5.41, 5.74) is 2.21. The largest absolute Gasteiger partial charge is 0.385 e. The van der Waals surface area contributed by atoms with Crippen molar-refractivity contribution in [3.8, 4) is 0 Å². The van der Waals surface area contributed by atoms with Crippen molar-refractivity contribution in [3.63, 3.8) is 0 Å². The first-order valence-electron chi connectivity index (χ1n) is 6.74. The average molecular weight is 262 g/mol. The molecule has 19 heavy (non-hydrogen) atoms. The van der Waals surface area contributed by atoms with Crippen molar-refractivity contribution in [1.29, 1.82) is 0 Å². The number of ether oxygens (including phenoxy) is 1. The molecule has 0 aromatic heterocycles. The van der Waals surface area contributed by atoms with Gasteiger partial charge < -0.3 is 15.0 Å². The van der Waals surface area contributed by atoms with E-state index in [4.69, 9.17) is 4.74 Å². The standard InChI is InChI=1S/C15H22N2O2/c1-11(8-9-19-3)16-13-10-15(18)17(2)14-7-5-4-6-12(13)14/h4-7,11,13,16H,8-10H2,1-3H3. The Hall–Kier alpha value is -1.39. The van der Waals surface area contributed by atoms with Crippen molar-refractivity contribution >= 4 is 11.6 Å². The molecule has 4 heteroatoms. The number of amides is 1.